The maximum Gasteiger partial charge on any atom is 0.417 e. The highest BCUT2D eigenvalue weighted by Crippen LogP contribution is 2.29. The van der Waals surface area contributed by atoms with Crippen molar-refractivity contribution in [2.45, 2.75) is 19.5 Å². The van der Waals surface area contributed by atoms with Crippen LogP contribution in [0.4, 0.5) is 13.2 Å². The summed E-state index contributed by atoms with van der Waals surface area (Å²) < 4.78 is 53.0. The second-order valence-corrected chi connectivity index (χ2v) is 5.38. The fraction of sp³-hybridized carbons (Fsp3) is 0.647. The van der Waals surface area contributed by atoms with Crippen molar-refractivity contribution in [2.24, 2.45) is 4.99 Å². The minimum Gasteiger partial charge on any atom is -0.476 e. The first-order valence-electron chi connectivity index (χ1n) is 8.72. The number of hydrogen-bond acceptors (Lipinski definition) is 5. The Bertz CT molecular complexity index is 539. The number of pyridine rings is 1. The SMILES string of the molecule is CCNC(=NCCCOCCOC)NCCOc1ccc(C(F)(F)F)cn1. The average molecular weight is 392 g/mol. The summed E-state index contributed by atoms with van der Waals surface area (Å²) >= 11 is 0. The van der Waals surface area contributed by atoms with Crippen LogP contribution < -0.4 is 15.4 Å². The number of nitrogens with zero attached hydrogens (tertiary/aromatic N) is 2. The lowest BCUT2D eigenvalue weighted by Crippen LogP contribution is -2.39. The summed E-state index contributed by atoms with van der Waals surface area (Å²) in [6, 6.07) is 2.14. The van der Waals surface area contributed by atoms with Gasteiger partial charge >= 0.3 is 6.18 Å². The molecule has 1 aromatic rings. The van der Waals surface area contributed by atoms with Crippen molar-refractivity contribution in [1.29, 1.82) is 0 Å². The molecule has 1 heterocycles. The third-order valence-electron chi connectivity index (χ3n) is 3.20. The fourth-order valence-electron chi connectivity index (χ4n) is 1.90. The lowest BCUT2D eigenvalue weighted by molar-refractivity contribution is -0.137. The van der Waals surface area contributed by atoms with Crippen molar-refractivity contribution in [3.63, 3.8) is 0 Å². The van der Waals surface area contributed by atoms with E-state index < -0.39 is 11.7 Å². The number of guanidine groups is 1. The van der Waals surface area contributed by atoms with Gasteiger partial charge in [0.1, 0.15) is 6.61 Å². The predicted molar refractivity (Wildman–Crippen MR) is 96.0 cm³/mol. The monoisotopic (exact) mass is 392 g/mol. The molecule has 0 unspecified atom stereocenters. The molecule has 0 radical (unpaired) electrons. The minimum absolute atomic E-state index is 0.139. The van der Waals surface area contributed by atoms with Gasteiger partial charge in [0, 0.05) is 39.1 Å². The largest absolute Gasteiger partial charge is 0.476 e. The molecule has 0 aromatic carbocycles. The molecule has 7 nitrogen and oxygen atoms in total. The molecule has 0 spiro atoms. The Hall–Kier alpha value is -2.07. The van der Waals surface area contributed by atoms with E-state index in [0.717, 1.165) is 18.7 Å². The number of aromatic nitrogens is 1. The zero-order chi connectivity index (χ0) is 20.0. The van der Waals surface area contributed by atoms with Crippen LogP contribution in [0, 0.1) is 0 Å². The number of rotatable bonds is 12. The Labute approximate surface area is 157 Å². The topological polar surface area (TPSA) is 77.0 Å². The number of alkyl halides is 3. The first-order valence-corrected chi connectivity index (χ1v) is 8.72. The van der Waals surface area contributed by atoms with Crippen LogP contribution in [0.5, 0.6) is 5.88 Å². The number of nitrogens with one attached hydrogen (secondary N) is 2. The van der Waals surface area contributed by atoms with Crippen LogP contribution in [0.2, 0.25) is 0 Å². The van der Waals surface area contributed by atoms with Gasteiger partial charge in [0.15, 0.2) is 5.96 Å². The van der Waals surface area contributed by atoms with Crippen LogP contribution in [0.25, 0.3) is 0 Å². The second kappa shape index (κ2) is 13.2. The van der Waals surface area contributed by atoms with Gasteiger partial charge in [-0.25, -0.2) is 4.98 Å². The van der Waals surface area contributed by atoms with E-state index in [4.69, 9.17) is 14.2 Å². The molecule has 1 rings (SSSR count). The quantitative estimate of drug-likeness (QED) is 0.322. The van der Waals surface area contributed by atoms with Gasteiger partial charge in [0.25, 0.3) is 0 Å². The molecule has 0 atom stereocenters. The highest BCUT2D eigenvalue weighted by molar-refractivity contribution is 5.79. The zero-order valence-corrected chi connectivity index (χ0v) is 15.6. The normalized spacial score (nSPS) is 12.1. The van der Waals surface area contributed by atoms with Crippen molar-refractivity contribution in [1.82, 2.24) is 15.6 Å². The molecule has 0 aliphatic rings. The highest BCUT2D eigenvalue weighted by atomic mass is 19.4. The Morgan fingerprint density at radius 3 is 2.59 bits per heavy atom. The van der Waals surface area contributed by atoms with Gasteiger partial charge < -0.3 is 24.8 Å². The van der Waals surface area contributed by atoms with Gasteiger partial charge in [0.2, 0.25) is 5.88 Å². The van der Waals surface area contributed by atoms with Crippen LogP contribution >= 0.6 is 0 Å². The maximum absolute atomic E-state index is 12.5. The second-order valence-electron chi connectivity index (χ2n) is 5.38. The number of aliphatic imine (C=N–C) groups is 1. The van der Waals surface area contributed by atoms with Gasteiger partial charge in [0.05, 0.1) is 25.3 Å². The van der Waals surface area contributed by atoms with Gasteiger partial charge in [-0.05, 0) is 19.4 Å². The van der Waals surface area contributed by atoms with Crippen molar-refractivity contribution in [2.75, 3.05) is 53.2 Å². The molecule has 27 heavy (non-hydrogen) atoms. The van der Waals surface area contributed by atoms with Gasteiger partial charge in [-0.3, -0.25) is 4.99 Å². The Kier molecular flexibility index (Phi) is 11.2. The van der Waals surface area contributed by atoms with Crippen molar-refractivity contribution in [3.05, 3.63) is 23.9 Å². The van der Waals surface area contributed by atoms with E-state index in [1.807, 2.05) is 6.92 Å². The molecule has 10 heteroatoms. The van der Waals surface area contributed by atoms with Crippen molar-refractivity contribution >= 4 is 5.96 Å². The molecule has 0 aliphatic carbocycles. The summed E-state index contributed by atoms with van der Waals surface area (Å²) in [6.07, 6.45) is -2.87. The van der Waals surface area contributed by atoms with Crippen LogP contribution in [-0.4, -0.2) is 64.1 Å². The summed E-state index contributed by atoms with van der Waals surface area (Å²) in [7, 11) is 1.62. The molecule has 0 saturated carbocycles. The molecule has 1 aromatic heterocycles. The lowest BCUT2D eigenvalue weighted by Gasteiger charge is -2.12. The van der Waals surface area contributed by atoms with Crippen LogP contribution in [-0.2, 0) is 15.7 Å². The average Bonchev–Trinajstić information content (AvgIpc) is 2.64. The van der Waals surface area contributed by atoms with Gasteiger partial charge in [-0.1, -0.05) is 0 Å². The molecule has 0 saturated heterocycles. The maximum atomic E-state index is 12.5. The standard InChI is InChI=1S/C17H27F3N4O3/c1-3-21-16(22-7-4-9-26-12-11-25-2)23-8-10-27-15-6-5-14(13-24-15)17(18,19)20/h5-6,13H,3-4,7-12H2,1-2H3,(H2,21,22,23). The minimum atomic E-state index is -4.40. The van der Waals surface area contributed by atoms with E-state index in [2.05, 4.69) is 20.6 Å². The van der Waals surface area contributed by atoms with Crippen LogP contribution in [0.3, 0.4) is 0 Å². The summed E-state index contributed by atoms with van der Waals surface area (Å²) in [4.78, 5) is 8.05. The molecule has 0 fully saturated rings. The van der Waals surface area contributed by atoms with Crippen molar-refractivity contribution in [3.8, 4) is 5.88 Å². The predicted octanol–water partition coefficient (Wildman–Crippen LogP) is 2.09. The third kappa shape index (κ3) is 10.6. The van der Waals surface area contributed by atoms with E-state index in [9.17, 15) is 13.2 Å². The van der Waals surface area contributed by atoms with Gasteiger partial charge in [-0.15, -0.1) is 0 Å². The number of ether oxygens (including phenoxy) is 3. The molecule has 154 valence electrons. The number of halogens is 3. The van der Waals surface area contributed by atoms with Crippen molar-refractivity contribution < 1.29 is 27.4 Å². The molecular weight excluding hydrogens is 365 g/mol. The molecule has 2 N–H and O–H groups in total. The van der Waals surface area contributed by atoms with Crippen LogP contribution in [0.1, 0.15) is 18.9 Å². The lowest BCUT2D eigenvalue weighted by atomic mass is 10.3. The Balaban J connectivity index is 2.26. The molecule has 0 amide bonds. The smallest absolute Gasteiger partial charge is 0.417 e. The van der Waals surface area contributed by atoms with E-state index in [-0.39, 0.29) is 12.5 Å². The summed E-state index contributed by atoms with van der Waals surface area (Å²) in [6.45, 7) is 5.67. The number of methoxy groups -OCH3 is 1. The molecule has 0 bridgehead atoms. The molecular formula is C17H27F3N4O3. The first-order chi connectivity index (χ1) is 13.0. The summed E-state index contributed by atoms with van der Waals surface area (Å²) in [5, 5.41) is 6.18. The third-order valence-corrected chi connectivity index (χ3v) is 3.20. The van der Waals surface area contributed by atoms with E-state index in [1.165, 1.54) is 6.07 Å². The molecule has 0 aliphatic heterocycles. The number of hydrogen-bond donors (Lipinski definition) is 2. The summed E-state index contributed by atoms with van der Waals surface area (Å²) in [5.41, 5.74) is -0.805. The zero-order valence-electron chi connectivity index (χ0n) is 15.6. The first kappa shape index (κ1) is 23.0. The summed E-state index contributed by atoms with van der Waals surface area (Å²) in [5.74, 6) is 0.776. The van der Waals surface area contributed by atoms with E-state index >= 15 is 0 Å². The van der Waals surface area contributed by atoms with Crippen LogP contribution in [0.15, 0.2) is 23.3 Å². The van der Waals surface area contributed by atoms with E-state index in [1.54, 1.807) is 7.11 Å². The van der Waals surface area contributed by atoms with E-state index in [0.29, 0.717) is 45.4 Å². The Morgan fingerprint density at radius 2 is 1.96 bits per heavy atom. The Morgan fingerprint density at radius 1 is 1.15 bits per heavy atom. The fourth-order valence-corrected chi connectivity index (χ4v) is 1.90. The highest BCUT2D eigenvalue weighted by Gasteiger charge is 2.30. The van der Waals surface area contributed by atoms with Gasteiger partial charge in [-0.2, -0.15) is 13.2 Å².